The molecular formula is C22H21ClFN3O2. The fourth-order valence-corrected chi connectivity index (χ4v) is 3.16. The Bertz CT molecular complexity index is 1000. The number of rotatable bonds is 6. The molecule has 0 unspecified atom stereocenters. The van der Waals surface area contributed by atoms with E-state index >= 15 is 0 Å². The summed E-state index contributed by atoms with van der Waals surface area (Å²) in [5.41, 5.74) is 1.21. The summed E-state index contributed by atoms with van der Waals surface area (Å²) in [7, 11) is 3.08. The van der Waals surface area contributed by atoms with Gasteiger partial charge in [0, 0.05) is 37.2 Å². The predicted molar refractivity (Wildman–Crippen MR) is 112 cm³/mol. The van der Waals surface area contributed by atoms with Crippen LogP contribution < -0.4 is 5.32 Å². The number of amides is 2. The first-order valence-corrected chi connectivity index (χ1v) is 9.42. The first-order valence-electron chi connectivity index (χ1n) is 9.04. The molecule has 1 N–H and O–H groups in total. The zero-order chi connectivity index (χ0) is 21.0. The van der Waals surface area contributed by atoms with E-state index in [1.807, 2.05) is 41.2 Å². The fourth-order valence-electron chi connectivity index (χ4n) is 3.03. The molecule has 2 aromatic carbocycles. The molecule has 2 amide bonds. The maximum absolute atomic E-state index is 14.0. The van der Waals surface area contributed by atoms with E-state index in [4.69, 9.17) is 11.6 Å². The van der Waals surface area contributed by atoms with Gasteiger partial charge in [-0.05, 0) is 48.0 Å². The predicted octanol–water partition coefficient (Wildman–Crippen LogP) is 4.60. The van der Waals surface area contributed by atoms with Gasteiger partial charge in [-0.3, -0.25) is 9.59 Å². The Morgan fingerprint density at radius 2 is 1.76 bits per heavy atom. The Balaban J connectivity index is 1.80. The van der Waals surface area contributed by atoms with Crippen molar-refractivity contribution in [2.75, 3.05) is 19.4 Å². The average Bonchev–Trinajstić information content (AvgIpc) is 3.22. The number of anilines is 1. The summed E-state index contributed by atoms with van der Waals surface area (Å²) in [6, 6.07) is 14.8. The maximum Gasteiger partial charge on any atom is 0.256 e. The number of aromatic nitrogens is 1. The fraction of sp³-hybridized carbons (Fsp3) is 0.182. The van der Waals surface area contributed by atoms with Gasteiger partial charge in [-0.2, -0.15) is 0 Å². The average molecular weight is 414 g/mol. The lowest BCUT2D eigenvalue weighted by atomic mass is 10.0. The van der Waals surface area contributed by atoms with Gasteiger partial charge in [-0.1, -0.05) is 23.7 Å². The van der Waals surface area contributed by atoms with E-state index in [0.717, 1.165) is 5.56 Å². The summed E-state index contributed by atoms with van der Waals surface area (Å²) >= 11 is 5.98. The normalized spacial score (nSPS) is 11.7. The van der Waals surface area contributed by atoms with E-state index in [9.17, 15) is 14.0 Å². The first kappa shape index (κ1) is 20.6. The third kappa shape index (κ3) is 5.03. The number of halogens is 2. The van der Waals surface area contributed by atoms with Gasteiger partial charge in [0.1, 0.15) is 5.82 Å². The number of benzene rings is 2. The lowest BCUT2D eigenvalue weighted by molar-refractivity contribution is -0.116. The van der Waals surface area contributed by atoms with Crippen molar-refractivity contribution in [1.82, 2.24) is 9.47 Å². The second kappa shape index (κ2) is 8.92. The van der Waals surface area contributed by atoms with Crippen LogP contribution in [0.15, 0.2) is 67.0 Å². The van der Waals surface area contributed by atoms with E-state index in [0.29, 0.717) is 10.7 Å². The number of hydrogen-bond donors (Lipinski definition) is 1. The smallest absolute Gasteiger partial charge is 0.256 e. The van der Waals surface area contributed by atoms with Crippen molar-refractivity contribution in [2.45, 2.75) is 12.5 Å². The summed E-state index contributed by atoms with van der Waals surface area (Å²) in [5, 5.41) is 3.38. The highest BCUT2D eigenvalue weighted by molar-refractivity contribution is 6.30. The van der Waals surface area contributed by atoms with Gasteiger partial charge >= 0.3 is 0 Å². The highest BCUT2D eigenvalue weighted by Crippen LogP contribution is 2.25. The molecule has 150 valence electrons. The zero-order valence-corrected chi connectivity index (χ0v) is 16.9. The minimum Gasteiger partial charge on any atom is -0.346 e. The Hall–Kier alpha value is -3.12. The number of carbonyl (C=O) groups excluding carboxylic acids is 2. The highest BCUT2D eigenvalue weighted by Gasteiger charge is 2.19. The Kier molecular flexibility index (Phi) is 6.34. The standard InChI is InChI=1S/C22H21ClFN3O2/c1-26(2)22(29)18-13-17(9-10-19(18)24)25-21(28)14-20(27-11-3-4-12-27)15-5-7-16(23)8-6-15/h3-13,20H,14H2,1-2H3,(H,25,28)/t20-/m1/s1. The quantitative estimate of drug-likeness (QED) is 0.642. The molecule has 0 aliphatic rings. The topological polar surface area (TPSA) is 54.3 Å². The summed E-state index contributed by atoms with van der Waals surface area (Å²) in [4.78, 5) is 26.1. The van der Waals surface area contributed by atoms with Gasteiger partial charge in [0.2, 0.25) is 5.91 Å². The number of nitrogens with one attached hydrogen (secondary N) is 1. The Morgan fingerprint density at radius 3 is 2.38 bits per heavy atom. The van der Waals surface area contributed by atoms with Crippen LogP contribution in [0.3, 0.4) is 0 Å². The van der Waals surface area contributed by atoms with Crippen LogP contribution in [-0.4, -0.2) is 35.4 Å². The van der Waals surface area contributed by atoms with Crippen LogP contribution in [0, 0.1) is 5.82 Å². The minimum absolute atomic E-state index is 0.0903. The van der Waals surface area contributed by atoms with Crippen LogP contribution in [0.4, 0.5) is 10.1 Å². The van der Waals surface area contributed by atoms with E-state index in [2.05, 4.69) is 5.32 Å². The molecule has 7 heteroatoms. The molecule has 1 aromatic heterocycles. The van der Waals surface area contributed by atoms with Crippen LogP contribution in [0.2, 0.25) is 5.02 Å². The van der Waals surface area contributed by atoms with Crippen LogP contribution in [-0.2, 0) is 4.79 Å². The summed E-state index contributed by atoms with van der Waals surface area (Å²) < 4.78 is 15.9. The van der Waals surface area contributed by atoms with E-state index in [-0.39, 0.29) is 23.9 Å². The van der Waals surface area contributed by atoms with E-state index in [1.165, 1.54) is 23.1 Å². The largest absolute Gasteiger partial charge is 0.346 e. The SMILES string of the molecule is CN(C)C(=O)c1cc(NC(=O)C[C@H](c2ccc(Cl)cc2)n2cccc2)ccc1F. The van der Waals surface area contributed by atoms with Gasteiger partial charge in [-0.25, -0.2) is 4.39 Å². The lowest BCUT2D eigenvalue weighted by Crippen LogP contribution is -2.23. The molecule has 1 heterocycles. The summed E-state index contributed by atoms with van der Waals surface area (Å²) in [6.45, 7) is 0. The number of nitrogens with zero attached hydrogens (tertiary/aromatic N) is 2. The minimum atomic E-state index is -0.631. The highest BCUT2D eigenvalue weighted by atomic mass is 35.5. The first-order chi connectivity index (χ1) is 13.8. The molecular weight excluding hydrogens is 393 g/mol. The Labute approximate surface area is 173 Å². The second-order valence-corrected chi connectivity index (χ2v) is 7.28. The molecule has 0 saturated heterocycles. The van der Waals surface area contributed by atoms with Gasteiger partial charge in [0.05, 0.1) is 18.0 Å². The van der Waals surface area contributed by atoms with Crippen LogP contribution in [0.5, 0.6) is 0 Å². The van der Waals surface area contributed by atoms with Crippen LogP contribution >= 0.6 is 11.6 Å². The molecule has 0 fully saturated rings. The van der Waals surface area contributed by atoms with Gasteiger partial charge < -0.3 is 14.8 Å². The molecule has 0 aliphatic heterocycles. The van der Waals surface area contributed by atoms with Crippen molar-refractivity contribution in [1.29, 1.82) is 0 Å². The van der Waals surface area contributed by atoms with Gasteiger partial charge in [-0.15, -0.1) is 0 Å². The van der Waals surface area contributed by atoms with Crippen molar-refractivity contribution < 1.29 is 14.0 Å². The molecule has 0 radical (unpaired) electrons. The van der Waals surface area contributed by atoms with Crippen molar-refractivity contribution in [3.63, 3.8) is 0 Å². The van der Waals surface area contributed by atoms with Crippen molar-refractivity contribution in [3.8, 4) is 0 Å². The summed E-state index contributed by atoms with van der Waals surface area (Å²) in [5.74, 6) is -1.36. The number of hydrogen-bond acceptors (Lipinski definition) is 2. The Morgan fingerprint density at radius 1 is 1.10 bits per heavy atom. The molecule has 0 bridgehead atoms. The van der Waals surface area contributed by atoms with E-state index < -0.39 is 11.7 Å². The molecule has 1 atom stereocenters. The molecule has 0 aliphatic carbocycles. The van der Waals surface area contributed by atoms with Crippen molar-refractivity contribution >= 4 is 29.1 Å². The molecule has 29 heavy (non-hydrogen) atoms. The van der Waals surface area contributed by atoms with Crippen LogP contribution in [0.1, 0.15) is 28.4 Å². The second-order valence-electron chi connectivity index (χ2n) is 6.84. The molecule has 5 nitrogen and oxygen atoms in total. The molecule has 3 rings (SSSR count). The number of carbonyl (C=O) groups is 2. The molecule has 0 saturated carbocycles. The van der Waals surface area contributed by atoms with Gasteiger partial charge in [0.15, 0.2) is 0 Å². The molecule has 0 spiro atoms. The van der Waals surface area contributed by atoms with Crippen LogP contribution in [0.25, 0.3) is 0 Å². The maximum atomic E-state index is 14.0. The van der Waals surface area contributed by atoms with Crippen molar-refractivity contribution in [2.24, 2.45) is 0 Å². The third-order valence-electron chi connectivity index (χ3n) is 4.51. The van der Waals surface area contributed by atoms with Crippen molar-refractivity contribution in [3.05, 3.63) is 89.0 Å². The monoisotopic (exact) mass is 413 g/mol. The summed E-state index contributed by atoms with van der Waals surface area (Å²) in [6.07, 6.45) is 3.93. The third-order valence-corrected chi connectivity index (χ3v) is 4.76. The molecule has 3 aromatic rings. The lowest BCUT2D eigenvalue weighted by Gasteiger charge is -2.20. The van der Waals surface area contributed by atoms with E-state index in [1.54, 1.807) is 26.2 Å². The zero-order valence-electron chi connectivity index (χ0n) is 16.1. The van der Waals surface area contributed by atoms with Gasteiger partial charge in [0.25, 0.3) is 5.91 Å².